The van der Waals surface area contributed by atoms with Gasteiger partial charge in [0.1, 0.15) is 17.1 Å². The number of non-ortho nitro benzene ring substituents is 1. The summed E-state index contributed by atoms with van der Waals surface area (Å²) in [6.07, 6.45) is -0.939. The fourth-order valence-electron chi connectivity index (χ4n) is 5.49. The number of likely N-dealkylation sites (tertiary alicyclic amines) is 1. The number of amides is 2. The molecule has 0 aliphatic carbocycles. The van der Waals surface area contributed by atoms with E-state index in [9.17, 15) is 39.5 Å². The first kappa shape index (κ1) is 26.6. The van der Waals surface area contributed by atoms with Crippen molar-refractivity contribution in [1.82, 2.24) is 10.2 Å². The summed E-state index contributed by atoms with van der Waals surface area (Å²) < 4.78 is 5.93. The van der Waals surface area contributed by atoms with Crippen molar-refractivity contribution in [2.75, 3.05) is 18.4 Å². The molecule has 13 nitrogen and oxygen atoms in total. The van der Waals surface area contributed by atoms with Gasteiger partial charge in [-0.25, -0.2) is 0 Å². The van der Waals surface area contributed by atoms with E-state index in [1.165, 1.54) is 30.3 Å². The number of carbonyl (C=O) groups is 4. The number of nitrogens with one attached hydrogen (secondary N) is 2. The minimum absolute atomic E-state index is 0.0543. The number of carbonyl (C=O) groups excluding carboxylic acids is 2. The molecular weight excluding hydrogens is 524 g/mol. The molecule has 13 heteroatoms. The molecule has 1 aromatic heterocycles. The largest absolute Gasteiger partial charge is 0.481 e. The molecule has 2 aromatic carbocycles. The number of benzene rings is 2. The molecule has 206 valence electrons. The first-order valence-corrected chi connectivity index (χ1v) is 12.3. The average Bonchev–Trinajstić information content (AvgIpc) is 3.60. The molecule has 2 saturated heterocycles. The minimum Gasteiger partial charge on any atom is -0.481 e. The highest BCUT2D eigenvalue weighted by atomic mass is 16.6. The lowest BCUT2D eigenvalue weighted by Crippen LogP contribution is -2.57. The Hall–Kier alpha value is -5.04. The van der Waals surface area contributed by atoms with Crippen molar-refractivity contribution in [1.29, 1.82) is 0 Å². The smallest absolute Gasteiger partial charge is 0.325 e. The summed E-state index contributed by atoms with van der Waals surface area (Å²) in [7, 11) is 0. The van der Waals surface area contributed by atoms with E-state index in [0.717, 1.165) is 10.6 Å². The summed E-state index contributed by atoms with van der Waals surface area (Å²) in [5.74, 6) is -6.73. The van der Waals surface area contributed by atoms with Crippen LogP contribution in [0.15, 0.2) is 71.1 Å². The van der Waals surface area contributed by atoms with Crippen LogP contribution in [0.2, 0.25) is 0 Å². The van der Waals surface area contributed by atoms with Crippen molar-refractivity contribution in [3.05, 3.63) is 82.6 Å². The molecule has 2 aliphatic heterocycles. The SMILES string of the molecule is O=C(O)CC1(C(=O)O)NC(c2ccc(-c3ccc([N+](=O)[O-])cc3)o2)C2C(=O)N(CCNc3ccccc3)C(=O)C21. The topological polar surface area (TPSA) is 192 Å². The lowest BCUT2D eigenvalue weighted by atomic mass is 9.78. The van der Waals surface area contributed by atoms with E-state index in [2.05, 4.69) is 10.6 Å². The fraction of sp³-hybridized carbons (Fsp3) is 0.259. The molecule has 0 bridgehead atoms. The number of hydrogen-bond acceptors (Lipinski definition) is 9. The maximum Gasteiger partial charge on any atom is 0.325 e. The van der Waals surface area contributed by atoms with Crippen LogP contribution in [0.5, 0.6) is 0 Å². The Kier molecular flexibility index (Phi) is 6.81. The van der Waals surface area contributed by atoms with E-state index >= 15 is 0 Å². The number of carboxylic acid groups (broad SMARTS) is 2. The van der Waals surface area contributed by atoms with Gasteiger partial charge in [-0.3, -0.25) is 39.5 Å². The van der Waals surface area contributed by atoms with Crippen LogP contribution in [0.25, 0.3) is 11.3 Å². The normalized spacial score (nSPS) is 23.7. The quantitative estimate of drug-likeness (QED) is 0.165. The lowest BCUT2D eigenvalue weighted by molar-refractivity contribution is -0.384. The molecule has 2 aliphatic rings. The maximum atomic E-state index is 13.6. The van der Waals surface area contributed by atoms with E-state index in [1.54, 1.807) is 6.07 Å². The van der Waals surface area contributed by atoms with Crippen molar-refractivity contribution in [2.24, 2.45) is 11.8 Å². The number of anilines is 1. The van der Waals surface area contributed by atoms with Crippen molar-refractivity contribution in [3.8, 4) is 11.3 Å². The van der Waals surface area contributed by atoms with Gasteiger partial charge in [-0.1, -0.05) is 18.2 Å². The van der Waals surface area contributed by atoms with Crippen molar-refractivity contribution >= 4 is 35.1 Å². The molecule has 4 atom stereocenters. The second-order valence-corrected chi connectivity index (χ2v) is 9.60. The minimum atomic E-state index is -2.25. The van der Waals surface area contributed by atoms with Crippen LogP contribution < -0.4 is 10.6 Å². The molecule has 0 radical (unpaired) electrons. The molecule has 5 rings (SSSR count). The molecule has 3 aromatic rings. The average molecular weight is 549 g/mol. The summed E-state index contributed by atoms with van der Waals surface area (Å²) >= 11 is 0. The highest BCUT2D eigenvalue weighted by molar-refractivity contribution is 6.10. The summed E-state index contributed by atoms with van der Waals surface area (Å²) in [5.41, 5.74) is -1.12. The van der Waals surface area contributed by atoms with Gasteiger partial charge >= 0.3 is 11.9 Å². The number of fused-ring (bicyclic) bond motifs is 1. The number of nitro benzene ring substituents is 1. The number of rotatable bonds is 10. The Morgan fingerprint density at radius 3 is 2.35 bits per heavy atom. The van der Waals surface area contributed by atoms with Crippen LogP contribution in [-0.2, 0) is 19.2 Å². The van der Waals surface area contributed by atoms with Gasteiger partial charge in [-0.15, -0.1) is 0 Å². The van der Waals surface area contributed by atoms with Gasteiger partial charge in [0.2, 0.25) is 11.8 Å². The maximum absolute atomic E-state index is 13.6. The van der Waals surface area contributed by atoms with Crippen LogP contribution in [0.4, 0.5) is 11.4 Å². The summed E-state index contributed by atoms with van der Waals surface area (Å²) in [5, 5.41) is 36.6. The second-order valence-electron chi connectivity index (χ2n) is 9.60. The second kappa shape index (κ2) is 10.3. The Bertz CT molecular complexity index is 1490. The third-order valence-electron chi connectivity index (χ3n) is 7.29. The predicted molar refractivity (Wildman–Crippen MR) is 138 cm³/mol. The van der Waals surface area contributed by atoms with Crippen molar-refractivity contribution < 1.29 is 38.7 Å². The molecule has 4 N–H and O–H groups in total. The molecule has 0 saturated carbocycles. The Balaban J connectivity index is 1.46. The molecule has 2 amide bonds. The van der Waals surface area contributed by atoms with E-state index in [0.29, 0.717) is 5.56 Å². The molecule has 40 heavy (non-hydrogen) atoms. The van der Waals surface area contributed by atoms with Crippen LogP contribution in [0, 0.1) is 22.0 Å². The van der Waals surface area contributed by atoms with Gasteiger partial charge in [0.05, 0.1) is 29.2 Å². The van der Waals surface area contributed by atoms with Crippen molar-refractivity contribution in [2.45, 2.75) is 18.0 Å². The predicted octanol–water partition coefficient (Wildman–Crippen LogP) is 2.51. The molecule has 3 heterocycles. The summed E-state index contributed by atoms with van der Waals surface area (Å²) in [4.78, 5) is 62.8. The van der Waals surface area contributed by atoms with Gasteiger partial charge in [-0.05, 0) is 36.4 Å². The highest BCUT2D eigenvalue weighted by Gasteiger charge is 2.69. The standard InChI is InChI=1S/C27H24N4O9/c32-20(33)14-27(26(36)37)22-21(24(34)30(25(22)35)13-12-28-16-4-2-1-3-5-16)23(29-27)19-11-10-18(40-19)15-6-8-17(9-7-15)31(38)39/h1-11,21-23,28-29H,12-14H2,(H,32,33)(H,36,37). The summed E-state index contributed by atoms with van der Waals surface area (Å²) in [6, 6.07) is 16.6. The van der Waals surface area contributed by atoms with Crippen LogP contribution in [-0.4, -0.2) is 62.4 Å². The van der Waals surface area contributed by atoms with Crippen LogP contribution >= 0.6 is 0 Å². The molecule has 4 unspecified atom stereocenters. The number of aliphatic carboxylic acids is 2. The third-order valence-corrected chi connectivity index (χ3v) is 7.29. The molecule has 2 fully saturated rings. The zero-order valence-corrected chi connectivity index (χ0v) is 20.9. The number of furan rings is 1. The van der Waals surface area contributed by atoms with E-state index in [1.807, 2.05) is 30.3 Å². The van der Waals surface area contributed by atoms with Gasteiger partial charge in [0, 0.05) is 36.5 Å². The van der Waals surface area contributed by atoms with Gasteiger partial charge in [-0.2, -0.15) is 0 Å². The first-order chi connectivity index (χ1) is 19.1. The number of nitro groups is 1. The van der Waals surface area contributed by atoms with Crippen LogP contribution in [0.3, 0.4) is 0 Å². The number of para-hydroxylation sites is 1. The molecular formula is C27H24N4O9. The summed E-state index contributed by atoms with van der Waals surface area (Å²) in [6.45, 7) is 0.143. The zero-order chi connectivity index (χ0) is 28.6. The Morgan fingerprint density at radius 1 is 1.02 bits per heavy atom. The van der Waals surface area contributed by atoms with Gasteiger partial charge in [0.15, 0.2) is 0 Å². The number of nitrogens with zero attached hydrogens (tertiary/aromatic N) is 2. The highest BCUT2D eigenvalue weighted by Crippen LogP contribution is 2.50. The monoisotopic (exact) mass is 548 g/mol. The number of imide groups is 1. The molecule has 0 spiro atoms. The fourth-order valence-corrected chi connectivity index (χ4v) is 5.49. The third kappa shape index (κ3) is 4.56. The Labute approximate surface area is 226 Å². The van der Waals surface area contributed by atoms with E-state index < -0.39 is 58.5 Å². The van der Waals surface area contributed by atoms with Crippen molar-refractivity contribution in [3.63, 3.8) is 0 Å². The first-order valence-electron chi connectivity index (χ1n) is 12.3. The Morgan fingerprint density at radius 2 is 1.73 bits per heavy atom. The number of hydrogen-bond donors (Lipinski definition) is 4. The van der Waals surface area contributed by atoms with E-state index in [4.69, 9.17) is 4.42 Å². The lowest BCUT2D eigenvalue weighted by Gasteiger charge is -2.29. The number of carboxylic acids is 2. The van der Waals surface area contributed by atoms with Gasteiger partial charge in [0.25, 0.3) is 5.69 Å². The van der Waals surface area contributed by atoms with Crippen LogP contribution in [0.1, 0.15) is 18.2 Å². The zero-order valence-electron chi connectivity index (χ0n) is 20.9. The van der Waals surface area contributed by atoms with E-state index in [-0.39, 0.29) is 30.3 Å². The van der Waals surface area contributed by atoms with Gasteiger partial charge < -0.3 is 19.9 Å².